The molecular formula is C8H11F6NO2. The van der Waals surface area contributed by atoms with Crippen LogP contribution in [0.4, 0.5) is 31.1 Å². The average Bonchev–Trinajstić information content (AvgIpc) is 1.91. The maximum absolute atomic E-state index is 12.0. The van der Waals surface area contributed by atoms with Gasteiger partial charge in [0.15, 0.2) is 0 Å². The summed E-state index contributed by atoms with van der Waals surface area (Å²) in [7, 11) is 0. The van der Waals surface area contributed by atoms with Crippen molar-refractivity contribution in [2.24, 2.45) is 0 Å². The Kier molecular flexibility index (Phi) is 4.30. The molecule has 0 bridgehead atoms. The molecule has 1 N–H and O–H groups in total. The van der Waals surface area contributed by atoms with Crippen LogP contribution in [0.1, 0.15) is 20.8 Å². The molecule has 1 amide bonds. The minimum absolute atomic E-state index is 1.00. The first-order chi connectivity index (χ1) is 7.23. The summed E-state index contributed by atoms with van der Waals surface area (Å²) < 4.78 is 75.3. The van der Waals surface area contributed by atoms with E-state index in [1.54, 1.807) is 0 Å². The Morgan fingerprint density at radius 1 is 1.00 bits per heavy atom. The van der Waals surface area contributed by atoms with Gasteiger partial charge in [-0.15, -0.1) is 0 Å². The Balaban J connectivity index is 4.75. The third-order valence-corrected chi connectivity index (χ3v) is 1.30. The summed E-state index contributed by atoms with van der Waals surface area (Å²) in [5, 5.41) is 1.83. The molecule has 0 aromatic heterocycles. The molecule has 0 saturated heterocycles. The molecule has 102 valence electrons. The molecule has 0 spiro atoms. The van der Waals surface area contributed by atoms with Crippen LogP contribution in [0.2, 0.25) is 0 Å². The first-order valence-electron chi connectivity index (χ1n) is 4.36. The molecule has 0 aromatic carbocycles. The number of amides is 1. The molecular weight excluding hydrogens is 256 g/mol. The van der Waals surface area contributed by atoms with Gasteiger partial charge in [-0.05, 0) is 20.8 Å². The fraction of sp³-hybridized carbons (Fsp3) is 0.875. The van der Waals surface area contributed by atoms with E-state index in [0.717, 1.165) is 0 Å². The zero-order valence-electron chi connectivity index (χ0n) is 9.16. The third kappa shape index (κ3) is 6.22. The number of hydrogen-bond acceptors (Lipinski definition) is 2. The van der Waals surface area contributed by atoms with Crippen LogP contribution < -0.4 is 5.32 Å². The van der Waals surface area contributed by atoms with Gasteiger partial charge in [0.1, 0.15) is 0 Å². The summed E-state index contributed by atoms with van der Waals surface area (Å²) in [5.74, 6) is 0. The number of ether oxygens (including phenoxy) is 1. The zero-order valence-corrected chi connectivity index (χ0v) is 9.16. The molecule has 0 heterocycles. The second kappa shape index (κ2) is 4.61. The highest BCUT2D eigenvalue weighted by Crippen LogP contribution is 2.35. The standard InChI is InChI=1S/C8H11F6NO2/c1-6(2,3)15-5(16)17-4(7(9,10)11)8(12,13)14/h4H,1-3H3,(H,15,16). The lowest BCUT2D eigenvalue weighted by Gasteiger charge is -2.26. The molecule has 0 atom stereocenters. The monoisotopic (exact) mass is 267 g/mol. The third-order valence-electron chi connectivity index (χ3n) is 1.30. The molecule has 3 nitrogen and oxygen atoms in total. The van der Waals surface area contributed by atoms with E-state index in [0.29, 0.717) is 0 Å². The van der Waals surface area contributed by atoms with Crippen molar-refractivity contribution in [3.8, 4) is 0 Å². The highest BCUT2D eigenvalue weighted by molar-refractivity contribution is 5.68. The van der Waals surface area contributed by atoms with Crippen molar-refractivity contribution in [3.05, 3.63) is 0 Å². The van der Waals surface area contributed by atoms with E-state index in [-0.39, 0.29) is 0 Å². The van der Waals surface area contributed by atoms with Crippen molar-refractivity contribution < 1.29 is 35.9 Å². The predicted molar refractivity (Wildman–Crippen MR) is 45.3 cm³/mol. The maximum Gasteiger partial charge on any atom is 0.434 e. The summed E-state index contributed by atoms with van der Waals surface area (Å²) in [4.78, 5) is 10.8. The number of carbonyl (C=O) groups excluding carboxylic acids is 1. The molecule has 17 heavy (non-hydrogen) atoms. The van der Waals surface area contributed by atoms with Gasteiger partial charge in [-0.3, -0.25) is 0 Å². The van der Waals surface area contributed by atoms with Crippen molar-refractivity contribution in [2.75, 3.05) is 0 Å². The first kappa shape index (κ1) is 15.9. The molecule has 9 heteroatoms. The van der Waals surface area contributed by atoms with Crippen molar-refractivity contribution in [1.82, 2.24) is 5.32 Å². The Bertz CT molecular complexity index is 263. The molecule has 0 aromatic rings. The molecule has 0 saturated carbocycles. The largest absolute Gasteiger partial charge is 0.434 e. The second-order valence-electron chi connectivity index (χ2n) is 4.24. The summed E-state index contributed by atoms with van der Waals surface area (Å²) >= 11 is 0. The van der Waals surface area contributed by atoms with E-state index in [2.05, 4.69) is 4.74 Å². The normalized spacial score (nSPS) is 13.8. The Morgan fingerprint density at radius 3 is 1.59 bits per heavy atom. The number of alkyl halides is 6. The minimum Gasteiger partial charge on any atom is -0.427 e. The number of alkyl carbamates (subject to hydrolysis) is 1. The van der Waals surface area contributed by atoms with Crippen LogP contribution in [0.15, 0.2) is 0 Å². The van der Waals surface area contributed by atoms with Gasteiger partial charge in [-0.25, -0.2) is 4.79 Å². The van der Waals surface area contributed by atoms with Crippen molar-refractivity contribution in [3.63, 3.8) is 0 Å². The van der Waals surface area contributed by atoms with Crippen LogP contribution >= 0.6 is 0 Å². The van der Waals surface area contributed by atoms with Crippen LogP contribution in [0.3, 0.4) is 0 Å². The van der Waals surface area contributed by atoms with Gasteiger partial charge in [0.25, 0.3) is 6.10 Å². The Labute approximate surface area is 93.1 Å². The topological polar surface area (TPSA) is 38.3 Å². The lowest BCUT2D eigenvalue weighted by Crippen LogP contribution is -2.50. The van der Waals surface area contributed by atoms with Gasteiger partial charge >= 0.3 is 18.4 Å². The quantitative estimate of drug-likeness (QED) is 0.742. The number of halogens is 6. The van der Waals surface area contributed by atoms with Crippen LogP contribution in [0.25, 0.3) is 0 Å². The molecule has 0 unspecified atom stereocenters. The van der Waals surface area contributed by atoms with E-state index in [1.807, 2.05) is 5.32 Å². The minimum atomic E-state index is -5.70. The van der Waals surface area contributed by atoms with Crippen molar-refractivity contribution in [2.45, 2.75) is 44.8 Å². The molecule has 0 rings (SSSR count). The predicted octanol–water partition coefficient (Wildman–Crippen LogP) is 3.00. The Morgan fingerprint density at radius 2 is 1.35 bits per heavy atom. The maximum atomic E-state index is 12.0. The average molecular weight is 267 g/mol. The summed E-state index contributed by atoms with van der Waals surface area (Å²) in [6, 6.07) is 0. The fourth-order valence-electron chi connectivity index (χ4n) is 0.762. The highest BCUT2D eigenvalue weighted by atomic mass is 19.4. The van der Waals surface area contributed by atoms with Crippen molar-refractivity contribution in [1.29, 1.82) is 0 Å². The lowest BCUT2D eigenvalue weighted by molar-refractivity contribution is -0.307. The van der Waals surface area contributed by atoms with Gasteiger partial charge in [0.2, 0.25) is 0 Å². The molecule has 0 aliphatic rings. The van der Waals surface area contributed by atoms with Gasteiger partial charge in [0.05, 0.1) is 0 Å². The van der Waals surface area contributed by atoms with Crippen LogP contribution in [-0.2, 0) is 4.74 Å². The van der Waals surface area contributed by atoms with Gasteiger partial charge < -0.3 is 10.1 Å². The number of rotatable bonds is 1. The van der Waals surface area contributed by atoms with E-state index in [9.17, 15) is 31.1 Å². The second-order valence-corrected chi connectivity index (χ2v) is 4.24. The summed E-state index contributed by atoms with van der Waals surface area (Å²) in [6.45, 7) is 4.14. The zero-order chi connectivity index (χ0) is 14.1. The van der Waals surface area contributed by atoms with Gasteiger partial charge in [-0.1, -0.05) is 0 Å². The van der Waals surface area contributed by atoms with Crippen LogP contribution in [-0.4, -0.2) is 30.1 Å². The molecule has 0 fully saturated rings. The number of nitrogens with one attached hydrogen (secondary N) is 1. The van der Waals surface area contributed by atoms with Gasteiger partial charge in [-0.2, -0.15) is 26.3 Å². The molecule has 0 radical (unpaired) electrons. The fourth-order valence-corrected chi connectivity index (χ4v) is 0.762. The number of hydrogen-bond donors (Lipinski definition) is 1. The lowest BCUT2D eigenvalue weighted by atomic mass is 10.1. The summed E-state index contributed by atoms with van der Waals surface area (Å²) in [6.07, 6.45) is -17.3. The summed E-state index contributed by atoms with van der Waals surface area (Å²) in [5.41, 5.74) is -1.00. The molecule has 0 aliphatic carbocycles. The smallest absolute Gasteiger partial charge is 0.427 e. The van der Waals surface area contributed by atoms with Crippen LogP contribution in [0, 0.1) is 0 Å². The van der Waals surface area contributed by atoms with Gasteiger partial charge in [0, 0.05) is 5.54 Å². The highest BCUT2D eigenvalue weighted by Gasteiger charge is 2.60. The van der Waals surface area contributed by atoms with E-state index in [4.69, 9.17) is 0 Å². The first-order valence-corrected chi connectivity index (χ1v) is 4.36. The van der Waals surface area contributed by atoms with E-state index < -0.39 is 30.1 Å². The van der Waals surface area contributed by atoms with Crippen LogP contribution in [0.5, 0.6) is 0 Å². The van der Waals surface area contributed by atoms with E-state index in [1.165, 1.54) is 20.8 Å². The number of carbonyl (C=O) groups is 1. The SMILES string of the molecule is CC(C)(C)NC(=O)OC(C(F)(F)F)C(F)(F)F. The van der Waals surface area contributed by atoms with Crippen molar-refractivity contribution >= 4 is 6.09 Å². The molecule has 0 aliphatic heterocycles. The Hall–Kier alpha value is -1.15. The van der Waals surface area contributed by atoms with E-state index >= 15 is 0 Å².